The lowest BCUT2D eigenvalue weighted by atomic mass is 10.0. The van der Waals surface area contributed by atoms with Gasteiger partial charge in [0.05, 0.1) is 19.8 Å². The number of aliphatic hydroxyl groups excluding tert-OH is 1. The normalized spacial score (nSPS) is 20.6. The first kappa shape index (κ1) is 25.2. The highest BCUT2D eigenvalue weighted by atomic mass is 16.7. The Balaban J connectivity index is 3.25. The molecule has 1 heterocycles. The fraction of sp³-hybridized carbons (Fsp3) is 0.667. The summed E-state index contributed by atoms with van der Waals surface area (Å²) < 4.78 is 36.6. The molecule has 1 rings (SSSR count). The zero-order valence-electron chi connectivity index (χ0n) is 17.2. The van der Waals surface area contributed by atoms with Crippen molar-refractivity contribution in [2.75, 3.05) is 33.0 Å². The zero-order chi connectivity index (χ0) is 22.7. The van der Waals surface area contributed by atoms with Crippen molar-refractivity contribution >= 4 is 23.9 Å². The standard InChI is InChI=1S/C18H26O12/c1-10(20)26-9-14-15(27-11(2)21)16(28-12(3)22)17(29-13(4)23)18(30-14)25-8-7-24-6-5-19/h14-16,19H,5-9H2,1-4H3/t14?,15-,16?/m0/s1. The lowest BCUT2D eigenvalue weighted by molar-refractivity contribution is -0.200. The third-order valence-electron chi connectivity index (χ3n) is 3.38. The van der Waals surface area contributed by atoms with E-state index in [0.29, 0.717) is 0 Å². The van der Waals surface area contributed by atoms with E-state index in [1.54, 1.807) is 0 Å². The molecule has 0 saturated heterocycles. The number of hydrogen-bond donors (Lipinski definition) is 1. The van der Waals surface area contributed by atoms with Gasteiger partial charge in [0.1, 0.15) is 13.2 Å². The van der Waals surface area contributed by atoms with Crippen molar-refractivity contribution in [2.24, 2.45) is 0 Å². The second-order valence-electron chi connectivity index (χ2n) is 5.99. The molecule has 12 heteroatoms. The Morgan fingerprint density at radius 3 is 2.10 bits per heavy atom. The summed E-state index contributed by atoms with van der Waals surface area (Å²) in [7, 11) is 0. The first-order valence-electron chi connectivity index (χ1n) is 9.04. The van der Waals surface area contributed by atoms with Crippen LogP contribution in [0.1, 0.15) is 27.7 Å². The van der Waals surface area contributed by atoms with Crippen LogP contribution in [-0.2, 0) is 52.3 Å². The quantitative estimate of drug-likeness (QED) is 0.255. The summed E-state index contributed by atoms with van der Waals surface area (Å²) in [5, 5.41) is 8.73. The summed E-state index contributed by atoms with van der Waals surface area (Å²) in [5.41, 5.74) is 0. The van der Waals surface area contributed by atoms with Crippen molar-refractivity contribution in [1.82, 2.24) is 0 Å². The Bertz CT molecular complexity index is 656. The molecular weight excluding hydrogens is 408 g/mol. The smallest absolute Gasteiger partial charge is 0.324 e. The van der Waals surface area contributed by atoms with Crippen LogP contribution >= 0.6 is 0 Å². The van der Waals surface area contributed by atoms with Crippen molar-refractivity contribution in [3.63, 3.8) is 0 Å². The maximum atomic E-state index is 11.6. The molecule has 0 aromatic heterocycles. The molecule has 0 saturated carbocycles. The fourth-order valence-corrected chi connectivity index (χ4v) is 2.40. The van der Waals surface area contributed by atoms with Gasteiger partial charge in [-0.15, -0.1) is 0 Å². The minimum Gasteiger partial charge on any atom is -0.462 e. The van der Waals surface area contributed by atoms with Crippen LogP contribution in [0.3, 0.4) is 0 Å². The number of carbonyl (C=O) groups is 4. The molecule has 12 nitrogen and oxygen atoms in total. The predicted octanol–water partition coefficient (Wildman–Crippen LogP) is -0.431. The van der Waals surface area contributed by atoms with Gasteiger partial charge in [-0.3, -0.25) is 19.2 Å². The summed E-state index contributed by atoms with van der Waals surface area (Å²) in [4.78, 5) is 46.1. The van der Waals surface area contributed by atoms with Crippen LogP contribution in [0, 0.1) is 0 Å². The minimum atomic E-state index is -1.40. The summed E-state index contributed by atoms with van der Waals surface area (Å²) in [6.07, 6.45) is -3.83. The molecule has 0 aliphatic carbocycles. The van der Waals surface area contributed by atoms with E-state index >= 15 is 0 Å². The van der Waals surface area contributed by atoms with E-state index in [4.69, 9.17) is 38.3 Å². The highest BCUT2D eigenvalue weighted by Crippen LogP contribution is 2.31. The highest BCUT2D eigenvalue weighted by molar-refractivity contribution is 5.69. The second kappa shape index (κ2) is 12.6. The molecule has 1 aliphatic rings. The molecule has 30 heavy (non-hydrogen) atoms. The third kappa shape index (κ3) is 8.66. The Morgan fingerprint density at radius 2 is 1.57 bits per heavy atom. The number of hydrogen-bond acceptors (Lipinski definition) is 12. The van der Waals surface area contributed by atoms with Gasteiger partial charge in [0.2, 0.25) is 11.9 Å². The van der Waals surface area contributed by atoms with Crippen molar-refractivity contribution in [3.8, 4) is 0 Å². The Kier molecular flexibility index (Phi) is 10.6. The van der Waals surface area contributed by atoms with Gasteiger partial charge in [-0.2, -0.15) is 0 Å². The SMILES string of the molecule is CC(=O)OCC1OC(OCCOCCO)=C(OC(C)=O)C(OC(C)=O)[C@H]1OC(C)=O. The number of esters is 4. The van der Waals surface area contributed by atoms with E-state index < -0.39 is 42.2 Å². The largest absolute Gasteiger partial charge is 0.462 e. The molecule has 0 bridgehead atoms. The summed E-state index contributed by atoms with van der Waals surface area (Å²) in [6, 6.07) is 0. The minimum absolute atomic E-state index is 0.0565. The maximum Gasteiger partial charge on any atom is 0.324 e. The average molecular weight is 434 g/mol. The first-order chi connectivity index (χ1) is 14.1. The lowest BCUT2D eigenvalue weighted by Crippen LogP contribution is -2.51. The molecule has 0 fully saturated rings. The predicted molar refractivity (Wildman–Crippen MR) is 95.3 cm³/mol. The highest BCUT2D eigenvalue weighted by Gasteiger charge is 2.48. The van der Waals surface area contributed by atoms with E-state index in [1.807, 2.05) is 0 Å². The molecule has 0 aromatic carbocycles. The van der Waals surface area contributed by atoms with Gasteiger partial charge in [-0.1, -0.05) is 0 Å². The Hall–Kier alpha value is -2.86. The number of ether oxygens (including phenoxy) is 7. The number of rotatable bonds is 11. The number of aliphatic hydroxyl groups is 1. The zero-order valence-corrected chi connectivity index (χ0v) is 17.2. The molecule has 0 spiro atoms. The molecule has 0 aromatic rings. The van der Waals surface area contributed by atoms with Gasteiger partial charge in [-0.25, -0.2) is 0 Å². The molecule has 1 aliphatic heterocycles. The van der Waals surface area contributed by atoms with Crippen LogP contribution in [0.4, 0.5) is 0 Å². The molecule has 170 valence electrons. The molecule has 1 N–H and O–H groups in total. The van der Waals surface area contributed by atoms with Crippen LogP contribution in [0.2, 0.25) is 0 Å². The summed E-state index contributed by atoms with van der Waals surface area (Å²) in [6.45, 7) is 4.01. The van der Waals surface area contributed by atoms with E-state index in [-0.39, 0.29) is 44.7 Å². The van der Waals surface area contributed by atoms with E-state index in [1.165, 1.54) is 6.92 Å². The average Bonchev–Trinajstić information content (AvgIpc) is 2.63. The maximum absolute atomic E-state index is 11.6. The molecule has 0 radical (unpaired) electrons. The van der Waals surface area contributed by atoms with Crippen molar-refractivity contribution < 1.29 is 57.4 Å². The molecule has 3 atom stereocenters. The molecule has 0 amide bonds. The van der Waals surface area contributed by atoms with Gasteiger partial charge >= 0.3 is 29.8 Å². The van der Waals surface area contributed by atoms with Crippen molar-refractivity contribution in [2.45, 2.75) is 46.0 Å². The lowest BCUT2D eigenvalue weighted by Gasteiger charge is -2.37. The van der Waals surface area contributed by atoms with Gasteiger partial charge in [-0.05, 0) is 0 Å². The molecule has 2 unspecified atom stereocenters. The first-order valence-corrected chi connectivity index (χ1v) is 9.04. The van der Waals surface area contributed by atoms with Crippen LogP contribution in [0.25, 0.3) is 0 Å². The third-order valence-corrected chi connectivity index (χ3v) is 3.38. The van der Waals surface area contributed by atoms with Crippen molar-refractivity contribution in [1.29, 1.82) is 0 Å². The Morgan fingerprint density at radius 1 is 0.900 bits per heavy atom. The summed E-state index contributed by atoms with van der Waals surface area (Å²) >= 11 is 0. The Labute approximate surface area is 172 Å². The van der Waals surface area contributed by atoms with Gasteiger partial charge in [0, 0.05) is 27.7 Å². The van der Waals surface area contributed by atoms with Crippen LogP contribution in [-0.4, -0.2) is 80.3 Å². The second-order valence-corrected chi connectivity index (χ2v) is 5.99. The monoisotopic (exact) mass is 434 g/mol. The van der Waals surface area contributed by atoms with Gasteiger partial charge in [0.15, 0.2) is 12.2 Å². The van der Waals surface area contributed by atoms with Gasteiger partial charge < -0.3 is 38.3 Å². The topological polar surface area (TPSA) is 153 Å². The van der Waals surface area contributed by atoms with Gasteiger partial charge in [0.25, 0.3) is 0 Å². The van der Waals surface area contributed by atoms with E-state index in [9.17, 15) is 19.2 Å². The van der Waals surface area contributed by atoms with Crippen molar-refractivity contribution in [3.05, 3.63) is 11.7 Å². The molecular formula is C18H26O12. The fourth-order valence-electron chi connectivity index (χ4n) is 2.40. The van der Waals surface area contributed by atoms with Crippen LogP contribution in [0.5, 0.6) is 0 Å². The summed E-state index contributed by atoms with van der Waals surface area (Å²) in [5.74, 6) is -3.56. The van der Waals surface area contributed by atoms with Crippen LogP contribution in [0.15, 0.2) is 11.7 Å². The van der Waals surface area contributed by atoms with Crippen LogP contribution < -0.4 is 0 Å². The van der Waals surface area contributed by atoms with E-state index in [2.05, 4.69) is 0 Å². The van der Waals surface area contributed by atoms with E-state index in [0.717, 1.165) is 20.8 Å². The number of carbonyl (C=O) groups excluding carboxylic acids is 4.